The second-order valence-electron chi connectivity index (χ2n) is 7.05. The summed E-state index contributed by atoms with van der Waals surface area (Å²) in [5.74, 6) is 0.400. The van der Waals surface area contributed by atoms with Crippen LogP contribution in [0.4, 0.5) is 5.82 Å². The van der Waals surface area contributed by atoms with E-state index in [-0.39, 0.29) is 12.4 Å². The lowest BCUT2D eigenvalue weighted by molar-refractivity contribution is 0.101. The lowest BCUT2D eigenvalue weighted by Gasteiger charge is -2.08. The number of carbonyl (C=O) groups excluding carboxylic acids is 1. The number of amides is 1. The number of anilines is 1. The Kier molecular flexibility index (Phi) is 7.14. The summed E-state index contributed by atoms with van der Waals surface area (Å²) in [6.07, 6.45) is 1.62. The maximum atomic E-state index is 12.6. The molecule has 0 unspecified atom stereocenters. The van der Waals surface area contributed by atoms with Crippen LogP contribution in [0.1, 0.15) is 21.7 Å². The Bertz CT molecular complexity index is 1300. The molecule has 0 spiro atoms. The van der Waals surface area contributed by atoms with Crippen molar-refractivity contribution in [3.8, 4) is 5.75 Å². The Morgan fingerprint density at radius 2 is 1.70 bits per heavy atom. The number of aryl methyl sites for hydroxylation is 1. The topological polar surface area (TPSA) is 74.0 Å². The van der Waals surface area contributed by atoms with E-state index in [1.807, 2.05) is 6.92 Å². The van der Waals surface area contributed by atoms with E-state index in [1.54, 1.807) is 59.4 Å². The first-order chi connectivity index (χ1) is 15.8. The zero-order chi connectivity index (χ0) is 23.5. The van der Waals surface area contributed by atoms with Crippen molar-refractivity contribution in [3.63, 3.8) is 0 Å². The lowest BCUT2D eigenvalue weighted by atomic mass is 10.2. The highest BCUT2D eigenvalue weighted by Gasteiger charge is 2.15. The number of aromatic nitrogens is 4. The van der Waals surface area contributed by atoms with Crippen molar-refractivity contribution >= 4 is 58.1 Å². The molecule has 0 radical (unpaired) electrons. The molecule has 11 heteroatoms. The summed E-state index contributed by atoms with van der Waals surface area (Å²) >= 11 is 24.6. The minimum Gasteiger partial charge on any atom is -0.470 e. The van der Waals surface area contributed by atoms with Crippen LogP contribution < -0.4 is 10.1 Å². The van der Waals surface area contributed by atoms with Gasteiger partial charge in [-0.3, -0.25) is 9.48 Å². The van der Waals surface area contributed by atoms with Crippen molar-refractivity contribution in [1.82, 2.24) is 19.6 Å². The van der Waals surface area contributed by atoms with Crippen LogP contribution in [0.2, 0.25) is 20.1 Å². The minimum absolute atomic E-state index is 0.0552. The van der Waals surface area contributed by atoms with Gasteiger partial charge in [0.15, 0.2) is 18.2 Å². The standard InChI is InChI=1S/C22H17Cl4N5O2/c1-13-10-20(29-31(13)11-14-15(23)4-2-5-16(14)24)27-22(32)18-8-9-30(28-18)12-33-19-7-3-6-17(25)21(19)26/h2-10H,11-12H2,1H3,(H,27,29,32). The molecule has 1 amide bonds. The predicted molar refractivity (Wildman–Crippen MR) is 130 cm³/mol. The first kappa shape index (κ1) is 23.4. The second kappa shape index (κ2) is 10.1. The van der Waals surface area contributed by atoms with Crippen LogP contribution in [0.5, 0.6) is 5.75 Å². The zero-order valence-electron chi connectivity index (χ0n) is 17.2. The van der Waals surface area contributed by atoms with Crippen molar-refractivity contribution < 1.29 is 9.53 Å². The number of halogens is 4. The summed E-state index contributed by atoms with van der Waals surface area (Å²) in [6, 6.07) is 13.7. The molecule has 0 bridgehead atoms. The third-order valence-electron chi connectivity index (χ3n) is 4.73. The normalized spacial score (nSPS) is 10.9. The van der Waals surface area contributed by atoms with Crippen molar-refractivity contribution in [2.45, 2.75) is 20.2 Å². The van der Waals surface area contributed by atoms with Gasteiger partial charge in [-0.25, -0.2) is 4.68 Å². The van der Waals surface area contributed by atoms with Crippen LogP contribution >= 0.6 is 46.4 Å². The summed E-state index contributed by atoms with van der Waals surface area (Å²) < 4.78 is 8.80. The molecule has 1 N–H and O–H groups in total. The zero-order valence-corrected chi connectivity index (χ0v) is 20.3. The molecule has 4 aromatic rings. The number of nitrogens with one attached hydrogen (secondary N) is 1. The van der Waals surface area contributed by atoms with E-state index in [0.29, 0.717) is 38.2 Å². The van der Waals surface area contributed by atoms with Gasteiger partial charge in [0, 0.05) is 33.6 Å². The van der Waals surface area contributed by atoms with E-state index in [9.17, 15) is 4.79 Å². The van der Waals surface area contributed by atoms with Crippen molar-refractivity contribution in [1.29, 1.82) is 0 Å². The van der Waals surface area contributed by atoms with Crippen LogP contribution in [0.25, 0.3) is 0 Å². The Hall–Kier alpha value is -2.71. The molecule has 4 rings (SSSR count). The van der Waals surface area contributed by atoms with Gasteiger partial charge in [-0.05, 0) is 37.3 Å². The fraction of sp³-hybridized carbons (Fsp3) is 0.136. The molecule has 0 aliphatic heterocycles. The van der Waals surface area contributed by atoms with Crippen LogP contribution in [-0.4, -0.2) is 25.5 Å². The van der Waals surface area contributed by atoms with Gasteiger partial charge in [0.2, 0.25) is 0 Å². The van der Waals surface area contributed by atoms with E-state index in [4.69, 9.17) is 51.1 Å². The van der Waals surface area contributed by atoms with Crippen molar-refractivity contribution in [3.05, 3.63) is 91.8 Å². The molecule has 0 aliphatic rings. The monoisotopic (exact) mass is 523 g/mol. The Labute approximate surface area is 209 Å². The number of ether oxygens (including phenoxy) is 1. The molecule has 0 saturated heterocycles. The first-order valence-corrected chi connectivity index (χ1v) is 11.2. The van der Waals surface area contributed by atoms with Crippen molar-refractivity contribution in [2.75, 3.05) is 5.32 Å². The molecule has 33 heavy (non-hydrogen) atoms. The second-order valence-corrected chi connectivity index (χ2v) is 8.65. The molecular formula is C22H17Cl4N5O2. The highest BCUT2D eigenvalue weighted by Crippen LogP contribution is 2.31. The predicted octanol–water partition coefficient (Wildman–Crippen LogP) is 6.34. The molecule has 2 aromatic carbocycles. The average Bonchev–Trinajstić information content (AvgIpc) is 3.38. The van der Waals surface area contributed by atoms with Crippen molar-refractivity contribution in [2.24, 2.45) is 0 Å². The molecule has 7 nitrogen and oxygen atoms in total. The number of carbonyl (C=O) groups is 1. The summed E-state index contributed by atoms with van der Waals surface area (Å²) in [5.41, 5.74) is 1.79. The van der Waals surface area contributed by atoms with E-state index < -0.39 is 5.91 Å². The van der Waals surface area contributed by atoms with E-state index in [0.717, 1.165) is 11.3 Å². The maximum absolute atomic E-state index is 12.6. The molecule has 2 heterocycles. The van der Waals surface area contributed by atoms with Gasteiger partial charge in [0.1, 0.15) is 10.8 Å². The Balaban J connectivity index is 1.40. The third kappa shape index (κ3) is 5.45. The third-order valence-corrected chi connectivity index (χ3v) is 6.24. The van der Waals surface area contributed by atoms with E-state index in [1.165, 1.54) is 4.68 Å². The fourth-order valence-electron chi connectivity index (χ4n) is 3.03. The van der Waals surface area contributed by atoms with Crippen LogP contribution in [0.15, 0.2) is 54.7 Å². The minimum atomic E-state index is -0.407. The smallest absolute Gasteiger partial charge is 0.277 e. The molecule has 0 atom stereocenters. The van der Waals surface area contributed by atoms with Crippen LogP contribution in [0, 0.1) is 6.92 Å². The highest BCUT2D eigenvalue weighted by molar-refractivity contribution is 6.42. The number of benzene rings is 2. The molecule has 0 saturated carbocycles. The van der Waals surface area contributed by atoms with E-state index in [2.05, 4.69) is 15.5 Å². The van der Waals surface area contributed by atoms with E-state index >= 15 is 0 Å². The first-order valence-electron chi connectivity index (χ1n) is 9.71. The molecule has 2 aromatic heterocycles. The quantitative estimate of drug-likeness (QED) is 0.306. The van der Waals surface area contributed by atoms with Crippen LogP contribution in [-0.2, 0) is 13.3 Å². The number of hydrogen-bond acceptors (Lipinski definition) is 4. The number of nitrogens with zero attached hydrogens (tertiary/aromatic N) is 4. The summed E-state index contributed by atoms with van der Waals surface area (Å²) in [5, 5.41) is 13.2. The average molecular weight is 525 g/mol. The largest absolute Gasteiger partial charge is 0.470 e. The Morgan fingerprint density at radius 1 is 1.00 bits per heavy atom. The molecule has 0 fully saturated rings. The van der Waals surface area contributed by atoms with Gasteiger partial charge in [-0.15, -0.1) is 0 Å². The summed E-state index contributed by atoms with van der Waals surface area (Å²) in [4.78, 5) is 12.6. The highest BCUT2D eigenvalue weighted by atomic mass is 35.5. The maximum Gasteiger partial charge on any atom is 0.277 e. The van der Waals surface area contributed by atoms with Gasteiger partial charge in [0.25, 0.3) is 5.91 Å². The Morgan fingerprint density at radius 3 is 2.45 bits per heavy atom. The lowest BCUT2D eigenvalue weighted by Crippen LogP contribution is -2.15. The molecule has 170 valence electrons. The summed E-state index contributed by atoms with van der Waals surface area (Å²) in [7, 11) is 0. The molecular weight excluding hydrogens is 508 g/mol. The summed E-state index contributed by atoms with van der Waals surface area (Å²) in [6.45, 7) is 2.30. The van der Waals surface area contributed by atoms with Gasteiger partial charge >= 0.3 is 0 Å². The number of hydrogen-bond donors (Lipinski definition) is 1. The van der Waals surface area contributed by atoms with Gasteiger partial charge in [0.05, 0.1) is 11.6 Å². The molecule has 0 aliphatic carbocycles. The van der Waals surface area contributed by atoms with Gasteiger partial charge in [-0.1, -0.05) is 58.5 Å². The van der Waals surface area contributed by atoms with Gasteiger partial charge < -0.3 is 10.1 Å². The van der Waals surface area contributed by atoms with Crippen LogP contribution in [0.3, 0.4) is 0 Å². The van der Waals surface area contributed by atoms with Gasteiger partial charge in [-0.2, -0.15) is 10.2 Å². The number of rotatable bonds is 7. The SMILES string of the molecule is Cc1cc(NC(=O)c2ccn(COc3cccc(Cl)c3Cl)n2)nn1Cc1c(Cl)cccc1Cl. The fourth-order valence-corrected chi connectivity index (χ4v) is 3.89.